The van der Waals surface area contributed by atoms with Crippen LogP contribution in [-0.2, 0) is 6.42 Å². The summed E-state index contributed by atoms with van der Waals surface area (Å²) in [6.45, 7) is 3.67. The van der Waals surface area contributed by atoms with E-state index < -0.39 is 0 Å². The molecule has 4 heteroatoms. The molecule has 0 aliphatic rings. The molecular formula is C11H10N2OS. The second-order valence-electron chi connectivity index (χ2n) is 3.24. The minimum absolute atomic E-state index is 0.147. The third-order valence-electron chi connectivity index (χ3n) is 2.22. The molecule has 0 unspecified atom stereocenters. The summed E-state index contributed by atoms with van der Waals surface area (Å²) in [5.41, 5.74) is 1.57. The number of rotatable bonds is 2. The third-order valence-corrected chi connectivity index (χ3v) is 2.42. The summed E-state index contributed by atoms with van der Waals surface area (Å²) in [7, 11) is 0. The molecule has 2 rings (SSSR count). The molecule has 0 aliphatic heterocycles. The van der Waals surface area contributed by atoms with Gasteiger partial charge in [0.25, 0.3) is 5.56 Å². The summed E-state index contributed by atoms with van der Waals surface area (Å²) in [5, 5.41) is 0.658. The highest BCUT2D eigenvalue weighted by molar-refractivity contribution is 7.71. The van der Waals surface area contributed by atoms with Crippen LogP contribution in [0.15, 0.2) is 35.6 Å². The summed E-state index contributed by atoms with van der Waals surface area (Å²) >= 11 is 4.90. The Morgan fingerprint density at radius 3 is 2.93 bits per heavy atom. The number of benzene rings is 1. The van der Waals surface area contributed by atoms with Gasteiger partial charge in [0, 0.05) is 0 Å². The van der Waals surface area contributed by atoms with Crippen LogP contribution in [0.3, 0.4) is 0 Å². The van der Waals surface area contributed by atoms with Gasteiger partial charge in [-0.25, -0.2) is 0 Å². The molecule has 0 atom stereocenters. The van der Waals surface area contributed by atoms with E-state index in [9.17, 15) is 4.79 Å². The van der Waals surface area contributed by atoms with Crippen molar-refractivity contribution in [3.63, 3.8) is 0 Å². The van der Waals surface area contributed by atoms with Gasteiger partial charge >= 0.3 is 0 Å². The van der Waals surface area contributed by atoms with Crippen LogP contribution < -0.4 is 5.56 Å². The maximum absolute atomic E-state index is 11.7. The summed E-state index contributed by atoms with van der Waals surface area (Å²) < 4.78 is 0.350. The van der Waals surface area contributed by atoms with Gasteiger partial charge in [0.15, 0.2) is 4.77 Å². The zero-order chi connectivity index (χ0) is 10.8. The van der Waals surface area contributed by atoms with E-state index in [-0.39, 0.29) is 5.56 Å². The highest BCUT2D eigenvalue weighted by Crippen LogP contribution is 2.13. The Balaban J connectivity index is 2.91. The summed E-state index contributed by atoms with van der Waals surface area (Å²) in [4.78, 5) is 17.3. The van der Waals surface area contributed by atoms with Gasteiger partial charge in [0.2, 0.25) is 0 Å². The first-order chi connectivity index (χ1) is 7.22. The predicted molar refractivity (Wildman–Crippen MR) is 63.7 cm³/mol. The van der Waals surface area contributed by atoms with Crippen LogP contribution in [0.5, 0.6) is 0 Å². The molecule has 0 spiro atoms. The number of nitrogens with one attached hydrogen (secondary N) is 2. The number of aromatic nitrogens is 2. The molecule has 3 nitrogen and oxygen atoms in total. The second-order valence-corrected chi connectivity index (χ2v) is 3.65. The molecule has 15 heavy (non-hydrogen) atoms. The maximum Gasteiger partial charge on any atom is 0.259 e. The fraction of sp³-hybridized carbons (Fsp3) is 0.0909. The normalized spacial score (nSPS) is 10.4. The van der Waals surface area contributed by atoms with Crippen molar-refractivity contribution in [1.29, 1.82) is 0 Å². The zero-order valence-corrected chi connectivity index (χ0v) is 8.86. The molecule has 0 saturated carbocycles. The Bertz CT molecular complexity index is 624. The van der Waals surface area contributed by atoms with Crippen LogP contribution in [0.2, 0.25) is 0 Å². The van der Waals surface area contributed by atoms with Gasteiger partial charge in [0.05, 0.1) is 10.9 Å². The number of H-pyrrole nitrogens is 2. The topological polar surface area (TPSA) is 48.6 Å². The predicted octanol–water partition coefficient (Wildman–Crippen LogP) is 2.31. The number of hydrogen-bond donors (Lipinski definition) is 2. The Morgan fingerprint density at radius 1 is 1.40 bits per heavy atom. The molecule has 0 saturated heterocycles. The van der Waals surface area contributed by atoms with Crippen LogP contribution in [0.1, 0.15) is 5.56 Å². The molecule has 1 aromatic carbocycles. The van der Waals surface area contributed by atoms with Crippen LogP contribution in [0.4, 0.5) is 0 Å². The molecule has 2 N–H and O–H groups in total. The van der Waals surface area contributed by atoms with Crippen molar-refractivity contribution in [2.75, 3.05) is 0 Å². The van der Waals surface area contributed by atoms with E-state index in [4.69, 9.17) is 12.2 Å². The lowest BCUT2D eigenvalue weighted by molar-refractivity contribution is 1.13. The number of fused-ring (bicyclic) bond motifs is 1. The Labute approximate surface area is 91.5 Å². The van der Waals surface area contributed by atoms with Gasteiger partial charge < -0.3 is 4.98 Å². The summed E-state index contributed by atoms with van der Waals surface area (Å²) in [5.74, 6) is 0. The van der Waals surface area contributed by atoms with Gasteiger partial charge in [-0.3, -0.25) is 9.78 Å². The van der Waals surface area contributed by atoms with Crippen molar-refractivity contribution in [2.24, 2.45) is 0 Å². The van der Waals surface area contributed by atoms with Crippen molar-refractivity contribution in [3.05, 3.63) is 51.5 Å². The first kappa shape index (κ1) is 9.86. The first-order valence-electron chi connectivity index (χ1n) is 4.57. The fourth-order valence-corrected chi connectivity index (χ4v) is 1.82. The molecule has 0 aliphatic carbocycles. The third kappa shape index (κ3) is 1.76. The molecule has 1 aromatic heterocycles. The Hall–Kier alpha value is -1.68. The van der Waals surface area contributed by atoms with Crippen molar-refractivity contribution >= 4 is 23.1 Å². The minimum Gasteiger partial charge on any atom is -0.332 e. The fourth-order valence-electron chi connectivity index (χ4n) is 1.62. The van der Waals surface area contributed by atoms with Crippen LogP contribution >= 0.6 is 12.2 Å². The van der Waals surface area contributed by atoms with Crippen molar-refractivity contribution < 1.29 is 0 Å². The van der Waals surface area contributed by atoms with Gasteiger partial charge in [-0.05, 0) is 30.3 Å². The van der Waals surface area contributed by atoms with Gasteiger partial charge in [-0.15, -0.1) is 6.58 Å². The van der Waals surface area contributed by atoms with E-state index in [2.05, 4.69) is 16.5 Å². The molecular weight excluding hydrogens is 208 g/mol. The summed E-state index contributed by atoms with van der Waals surface area (Å²) in [6.07, 6.45) is 2.45. The van der Waals surface area contributed by atoms with Crippen molar-refractivity contribution in [2.45, 2.75) is 6.42 Å². The lowest BCUT2D eigenvalue weighted by atomic mass is 10.1. The van der Waals surface area contributed by atoms with E-state index in [0.717, 1.165) is 11.1 Å². The second kappa shape index (κ2) is 3.82. The molecule has 1 heterocycles. The number of hydrogen-bond acceptors (Lipinski definition) is 2. The van der Waals surface area contributed by atoms with E-state index in [1.54, 1.807) is 6.08 Å². The first-order valence-corrected chi connectivity index (χ1v) is 4.98. The number of aromatic amines is 2. The lowest BCUT2D eigenvalue weighted by Gasteiger charge is -2.02. The quantitative estimate of drug-likeness (QED) is 0.600. The summed E-state index contributed by atoms with van der Waals surface area (Å²) in [6, 6.07) is 5.65. The lowest BCUT2D eigenvalue weighted by Crippen LogP contribution is -2.09. The average molecular weight is 218 g/mol. The van der Waals surface area contributed by atoms with Crippen LogP contribution in [0, 0.1) is 4.77 Å². The van der Waals surface area contributed by atoms with E-state index in [1.807, 2.05) is 18.2 Å². The van der Waals surface area contributed by atoms with Gasteiger partial charge in [-0.1, -0.05) is 18.2 Å². The smallest absolute Gasteiger partial charge is 0.259 e. The van der Waals surface area contributed by atoms with E-state index in [0.29, 0.717) is 16.6 Å². The molecule has 0 radical (unpaired) electrons. The van der Waals surface area contributed by atoms with Crippen molar-refractivity contribution in [3.8, 4) is 0 Å². The van der Waals surface area contributed by atoms with E-state index in [1.165, 1.54) is 0 Å². The van der Waals surface area contributed by atoms with Gasteiger partial charge in [0.1, 0.15) is 0 Å². The molecule has 2 aromatic rings. The maximum atomic E-state index is 11.7. The molecule has 0 bridgehead atoms. The monoisotopic (exact) mass is 218 g/mol. The van der Waals surface area contributed by atoms with Gasteiger partial charge in [-0.2, -0.15) is 0 Å². The van der Waals surface area contributed by atoms with Crippen LogP contribution in [-0.4, -0.2) is 9.97 Å². The molecule has 0 amide bonds. The van der Waals surface area contributed by atoms with Crippen LogP contribution in [0.25, 0.3) is 10.9 Å². The zero-order valence-electron chi connectivity index (χ0n) is 8.04. The standard InChI is InChI=1S/C11H10N2OS/c1-2-4-7-5-3-6-8-9(7)10(14)13-11(15)12-8/h2-3,5-6H,1,4H2,(H2,12,13,14,15). The molecule has 76 valence electrons. The van der Waals surface area contributed by atoms with E-state index >= 15 is 0 Å². The molecule has 0 fully saturated rings. The highest BCUT2D eigenvalue weighted by Gasteiger charge is 2.03. The number of allylic oxidation sites excluding steroid dienone is 1. The largest absolute Gasteiger partial charge is 0.332 e. The average Bonchev–Trinajstić information content (AvgIpc) is 2.17. The highest BCUT2D eigenvalue weighted by atomic mass is 32.1. The Morgan fingerprint density at radius 2 is 2.20 bits per heavy atom. The minimum atomic E-state index is -0.147. The van der Waals surface area contributed by atoms with Crippen molar-refractivity contribution in [1.82, 2.24) is 9.97 Å². The Kier molecular flexibility index (Phi) is 2.51. The SMILES string of the molecule is C=CCc1cccc2[nH]c(=S)[nH]c(=O)c12.